The van der Waals surface area contributed by atoms with E-state index < -0.39 is 0 Å². The van der Waals surface area contributed by atoms with Crippen LogP contribution in [0.5, 0.6) is 5.75 Å². The van der Waals surface area contributed by atoms with E-state index in [9.17, 15) is 0 Å². The van der Waals surface area contributed by atoms with Crippen molar-refractivity contribution in [2.24, 2.45) is 0 Å². The fourth-order valence-corrected chi connectivity index (χ4v) is 3.16. The van der Waals surface area contributed by atoms with Gasteiger partial charge in [0.25, 0.3) is 0 Å². The second-order valence-electron chi connectivity index (χ2n) is 5.53. The van der Waals surface area contributed by atoms with Crippen LogP contribution in [0.4, 0.5) is 0 Å². The van der Waals surface area contributed by atoms with Crippen molar-refractivity contribution >= 4 is 34.3 Å². The Labute approximate surface area is 159 Å². The second-order valence-corrected chi connectivity index (χ2v) is 6.77. The van der Waals surface area contributed by atoms with Crippen molar-refractivity contribution in [1.29, 1.82) is 0 Å². The smallest absolute Gasteiger partial charge is 0.143 e. The molecule has 0 saturated carbocycles. The number of pyridine rings is 1. The number of hydrogen-bond donors (Lipinski definition) is 0. The van der Waals surface area contributed by atoms with Gasteiger partial charge in [-0.05, 0) is 59.1 Å². The molecule has 0 bridgehead atoms. The van der Waals surface area contributed by atoms with E-state index in [4.69, 9.17) is 16.3 Å². The number of tetrazole rings is 1. The number of aromatic nitrogens is 5. The summed E-state index contributed by atoms with van der Waals surface area (Å²) in [5, 5.41) is 12.6. The molecule has 0 fully saturated rings. The van der Waals surface area contributed by atoms with Gasteiger partial charge in [-0.15, -0.1) is 16.9 Å². The Kier molecular flexibility index (Phi) is 4.73. The molecule has 4 rings (SSSR count). The first kappa shape index (κ1) is 16.8. The zero-order valence-electron chi connectivity index (χ0n) is 13.8. The average molecular weight is 384 g/mol. The lowest BCUT2D eigenvalue weighted by atomic mass is 10.1. The molecular weight excluding hydrogens is 370 g/mol. The zero-order valence-corrected chi connectivity index (χ0v) is 15.4. The highest BCUT2D eigenvalue weighted by Crippen LogP contribution is 2.26. The number of hydrogen-bond acceptors (Lipinski definition) is 6. The molecule has 130 valence electrons. The van der Waals surface area contributed by atoms with E-state index in [1.54, 1.807) is 22.8 Å². The van der Waals surface area contributed by atoms with Gasteiger partial charge in [0.2, 0.25) is 0 Å². The monoisotopic (exact) mass is 383 g/mol. The second kappa shape index (κ2) is 7.31. The van der Waals surface area contributed by atoms with E-state index >= 15 is 0 Å². The van der Waals surface area contributed by atoms with Gasteiger partial charge in [0.05, 0.1) is 11.2 Å². The van der Waals surface area contributed by atoms with Crippen LogP contribution >= 0.6 is 23.4 Å². The van der Waals surface area contributed by atoms with Gasteiger partial charge >= 0.3 is 0 Å². The standard InChI is InChI=1S/C18H14ClN5OS/c1-26-16-7-2-12-8-13(18(19)21-17(12)9-16)10-25-15-5-3-14(4-6-15)24-11-20-22-23-24/h2-9,11H,10H2,1H3. The number of ether oxygens (including phenoxy) is 1. The third kappa shape index (κ3) is 3.49. The quantitative estimate of drug-likeness (QED) is 0.380. The number of nitrogens with zero attached hydrogens (tertiary/aromatic N) is 5. The van der Waals surface area contributed by atoms with Crippen LogP contribution in [-0.2, 0) is 6.61 Å². The number of fused-ring (bicyclic) bond motifs is 1. The van der Waals surface area contributed by atoms with Crippen molar-refractivity contribution in [2.75, 3.05) is 6.26 Å². The lowest BCUT2D eigenvalue weighted by Crippen LogP contribution is -1.99. The van der Waals surface area contributed by atoms with Crippen LogP contribution in [0, 0.1) is 0 Å². The molecule has 8 heteroatoms. The van der Waals surface area contributed by atoms with E-state index in [1.165, 1.54) is 0 Å². The largest absolute Gasteiger partial charge is 0.489 e. The van der Waals surface area contributed by atoms with E-state index in [2.05, 4.69) is 32.6 Å². The van der Waals surface area contributed by atoms with Gasteiger partial charge in [-0.3, -0.25) is 0 Å². The fraction of sp³-hybridized carbons (Fsp3) is 0.111. The fourth-order valence-electron chi connectivity index (χ4n) is 2.53. The first-order chi connectivity index (χ1) is 12.7. The Morgan fingerprint density at radius 1 is 1.12 bits per heavy atom. The molecule has 2 heterocycles. The van der Waals surface area contributed by atoms with Crippen LogP contribution in [0.1, 0.15) is 5.56 Å². The van der Waals surface area contributed by atoms with Gasteiger partial charge in [-0.25, -0.2) is 9.67 Å². The molecule has 26 heavy (non-hydrogen) atoms. The first-order valence-corrected chi connectivity index (χ1v) is 9.42. The molecule has 0 unspecified atom stereocenters. The molecule has 2 aromatic carbocycles. The summed E-state index contributed by atoms with van der Waals surface area (Å²) in [5.41, 5.74) is 2.59. The molecular formula is C18H14ClN5OS. The molecule has 0 saturated heterocycles. The van der Waals surface area contributed by atoms with Crippen molar-refractivity contribution in [3.05, 3.63) is 65.6 Å². The SMILES string of the molecule is CSc1ccc2cc(COc3ccc(-n4cnnn4)cc3)c(Cl)nc2c1. The number of rotatable bonds is 5. The minimum Gasteiger partial charge on any atom is -0.489 e. The third-order valence-electron chi connectivity index (χ3n) is 3.90. The topological polar surface area (TPSA) is 65.7 Å². The summed E-state index contributed by atoms with van der Waals surface area (Å²) < 4.78 is 7.43. The van der Waals surface area contributed by atoms with Crippen molar-refractivity contribution in [3.63, 3.8) is 0 Å². The molecule has 0 atom stereocenters. The maximum Gasteiger partial charge on any atom is 0.143 e. The summed E-state index contributed by atoms with van der Waals surface area (Å²) in [7, 11) is 0. The predicted molar refractivity (Wildman–Crippen MR) is 102 cm³/mol. The van der Waals surface area contributed by atoms with Crippen molar-refractivity contribution in [1.82, 2.24) is 25.2 Å². The van der Waals surface area contributed by atoms with Crippen LogP contribution in [0.15, 0.2) is 59.8 Å². The average Bonchev–Trinajstić information content (AvgIpc) is 3.21. The summed E-state index contributed by atoms with van der Waals surface area (Å²) >= 11 is 8.01. The lowest BCUT2D eigenvalue weighted by molar-refractivity contribution is 0.306. The highest BCUT2D eigenvalue weighted by molar-refractivity contribution is 7.98. The number of halogens is 1. The van der Waals surface area contributed by atoms with Crippen LogP contribution in [0.3, 0.4) is 0 Å². The highest BCUT2D eigenvalue weighted by Gasteiger charge is 2.07. The minimum atomic E-state index is 0.344. The van der Waals surface area contributed by atoms with E-state index in [0.717, 1.165) is 32.8 Å². The molecule has 0 aliphatic heterocycles. The van der Waals surface area contributed by atoms with Crippen molar-refractivity contribution in [3.8, 4) is 11.4 Å². The summed E-state index contributed by atoms with van der Waals surface area (Å²) in [6, 6.07) is 15.7. The first-order valence-electron chi connectivity index (χ1n) is 7.82. The maximum atomic E-state index is 6.33. The molecule has 6 nitrogen and oxygen atoms in total. The Balaban J connectivity index is 1.51. The van der Waals surface area contributed by atoms with E-state index in [1.807, 2.05) is 42.7 Å². The summed E-state index contributed by atoms with van der Waals surface area (Å²) in [6.45, 7) is 0.344. The zero-order chi connectivity index (χ0) is 17.9. The number of benzene rings is 2. The molecule has 0 N–H and O–H groups in total. The summed E-state index contributed by atoms with van der Waals surface area (Å²) in [6.07, 6.45) is 3.58. The number of thioether (sulfide) groups is 1. The highest BCUT2D eigenvalue weighted by atomic mass is 35.5. The normalized spacial score (nSPS) is 11.0. The molecule has 4 aromatic rings. The van der Waals surface area contributed by atoms with Crippen LogP contribution in [0.25, 0.3) is 16.6 Å². The van der Waals surface area contributed by atoms with Gasteiger partial charge in [0, 0.05) is 15.8 Å². The molecule has 0 radical (unpaired) electrons. The predicted octanol–water partition coefficient (Wildman–Crippen LogP) is 4.16. The van der Waals surface area contributed by atoms with E-state index in [0.29, 0.717) is 11.8 Å². The third-order valence-corrected chi connectivity index (χ3v) is 4.95. The lowest BCUT2D eigenvalue weighted by Gasteiger charge is -2.10. The van der Waals surface area contributed by atoms with Crippen molar-refractivity contribution < 1.29 is 4.74 Å². The molecule has 0 spiro atoms. The van der Waals surface area contributed by atoms with Gasteiger partial charge in [-0.1, -0.05) is 17.7 Å². The molecule has 0 amide bonds. The maximum absolute atomic E-state index is 6.33. The Hall–Kier alpha value is -2.64. The van der Waals surface area contributed by atoms with Gasteiger partial charge in [0.1, 0.15) is 23.8 Å². The Morgan fingerprint density at radius 2 is 1.96 bits per heavy atom. The molecule has 0 aliphatic carbocycles. The summed E-state index contributed by atoms with van der Waals surface area (Å²) in [4.78, 5) is 5.65. The van der Waals surface area contributed by atoms with Gasteiger partial charge in [0.15, 0.2) is 0 Å². The van der Waals surface area contributed by atoms with Gasteiger partial charge in [-0.2, -0.15) is 0 Å². The summed E-state index contributed by atoms with van der Waals surface area (Å²) in [5.74, 6) is 0.732. The molecule has 0 aliphatic rings. The molecule has 2 aromatic heterocycles. The van der Waals surface area contributed by atoms with Crippen LogP contribution < -0.4 is 4.74 Å². The van der Waals surface area contributed by atoms with E-state index in [-0.39, 0.29) is 0 Å². The van der Waals surface area contributed by atoms with Crippen molar-refractivity contribution in [2.45, 2.75) is 11.5 Å². The van der Waals surface area contributed by atoms with Crippen LogP contribution in [-0.4, -0.2) is 31.4 Å². The minimum absolute atomic E-state index is 0.344. The Bertz CT molecular complexity index is 1040. The van der Waals surface area contributed by atoms with Crippen LogP contribution in [0.2, 0.25) is 5.15 Å². The van der Waals surface area contributed by atoms with Gasteiger partial charge < -0.3 is 4.74 Å². The Morgan fingerprint density at radius 3 is 2.69 bits per heavy atom.